The van der Waals surface area contributed by atoms with Gasteiger partial charge in [0.25, 0.3) is 0 Å². The predicted octanol–water partition coefficient (Wildman–Crippen LogP) is 6.74. The molecule has 3 rings (SSSR count). The summed E-state index contributed by atoms with van der Waals surface area (Å²) in [5.41, 5.74) is 4.24. The Bertz CT molecular complexity index is 1290. The fraction of sp³-hybridized carbons (Fsp3) is 0.192. The van der Waals surface area contributed by atoms with E-state index in [0.717, 1.165) is 5.56 Å². The van der Waals surface area contributed by atoms with Crippen LogP contribution >= 0.6 is 39.1 Å². The lowest BCUT2D eigenvalue weighted by Gasteiger charge is -2.15. The average molecular weight is 611 g/mol. The van der Waals surface area contributed by atoms with E-state index in [1.165, 1.54) is 30.5 Å². The van der Waals surface area contributed by atoms with Crippen molar-refractivity contribution in [1.29, 1.82) is 0 Å². The highest BCUT2D eigenvalue weighted by molar-refractivity contribution is 9.10. The first-order valence-electron chi connectivity index (χ1n) is 11.2. The molecule has 0 spiro atoms. The summed E-state index contributed by atoms with van der Waals surface area (Å²) >= 11 is 15.7. The van der Waals surface area contributed by atoms with E-state index in [2.05, 4.69) is 31.8 Å². The molecule has 37 heavy (non-hydrogen) atoms. The van der Waals surface area contributed by atoms with Gasteiger partial charge >= 0.3 is 0 Å². The molecule has 0 aliphatic carbocycles. The number of benzene rings is 3. The Labute approximate surface area is 232 Å². The molecule has 2 N–H and O–H groups in total. The first-order chi connectivity index (χ1) is 17.7. The maximum Gasteiger partial charge on any atom is 0.240 e. The lowest BCUT2D eigenvalue weighted by molar-refractivity contribution is -0.124. The highest BCUT2D eigenvalue weighted by atomic mass is 79.9. The van der Waals surface area contributed by atoms with Crippen LogP contribution < -0.4 is 20.2 Å². The normalized spacial score (nSPS) is 10.8. The summed E-state index contributed by atoms with van der Waals surface area (Å²) < 4.78 is 25.2. The Morgan fingerprint density at radius 3 is 2.46 bits per heavy atom. The van der Waals surface area contributed by atoms with Crippen LogP contribution in [0.5, 0.6) is 11.5 Å². The molecule has 0 saturated heterocycles. The van der Waals surface area contributed by atoms with Crippen molar-refractivity contribution in [3.63, 3.8) is 0 Å². The smallest absolute Gasteiger partial charge is 0.240 e. The molecule has 0 fully saturated rings. The van der Waals surface area contributed by atoms with E-state index in [9.17, 15) is 14.0 Å². The number of ether oxygens (including phenoxy) is 2. The first kappa shape index (κ1) is 28.4. The summed E-state index contributed by atoms with van der Waals surface area (Å²) in [6, 6.07) is 14.0. The molecule has 0 unspecified atom stereocenters. The van der Waals surface area contributed by atoms with Gasteiger partial charge in [-0.2, -0.15) is 5.10 Å². The van der Waals surface area contributed by atoms with Gasteiger partial charge in [0.15, 0.2) is 11.5 Å². The van der Waals surface area contributed by atoms with Crippen molar-refractivity contribution in [3.05, 3.63) is 86.1 Å². The fourth-order valence-electron chi connectivity index (χ4n) is 3.07. The number of halogens is 4. The fourth-order valence-corrected chi connectivity index (χ4v) is 4.11. The zero-order chi connectivity index (χ0) is 26.8. The van der Waals surface area contributed by atoms with Gasteiger partial charge in [-0.3, -0.25) is 9.59 Å². The molecule has 3 aromatic carbocycles. The molecule has 0 radical (unpaired) electrons. The minimum absolute atomic E-state index is 0.0531. The van der Waals surface area contributed by atoms with Gasteiger partial charge in [-0.25, -0.2) is 9.82 Å². The second kappa shape index (κ2) is 14.0. The van der Waals surface area contributed by atoms with Gasteiger partial charge in [-0.1, -0.05) is 29.3 Å². The zero-order valence-corrected chi connectivity index (χ0v) is 22.8. The van der Waals surface area contributed by atoms with E-state index in [4.69, 9.17) is 32.7 Å². The summed E-state index contributed by atoms with van der Waals surface area (Å²) in [6.45, 7) is 2.45. The van der Waals surface area contributed by atoms with Crippen LogP contribution in [0.1, 0.15) is 30.9 Å². The summed E-state index contributed by atoms with van der Waals surface area (Å²) in [4.78, 5) is 24.0. The largest absolute Gasteiger partial charge is 0.490 e. The monoisotopic (exact) mass is 609 g/mol. The molecule has 2 amide bonds. The van der Waals surface area contributed by atoms with Crippen molar-refractivity contribution in [2.45, 2.75) is 26.4 Å². The van der Waals surface area contributed by atoms with Crippen LogP contribution in [0.2, 0.25) is 10.0 Å². The van der Waals surface area contributed by atoms with E-state index in [-0.39, 0.29) is 25.4 Å². The first-order valence-corrected chi connectivity index (χ1v) is 12.7. The molecule has 3 aromatic rings. The number of carbonyl (C=O) groups excluding carboxylic acids is 2. The van der Waals surface area contributed by atoms with Gasteiger partial charge in [-0.15, -0.1) is 0 Å². The van der Waals surface area contributed by atoms with Crippen molar-refractivity contribution in [2.75, 3.05) is 11.9 Å². The maximum absolute atomic E-state index is 12.9. The van der Waals surface area contributed by atoms with E-state index in [1.807, 2.05) is 6.92 Å². The number of rotatable bonds is 11. The summed E-state index contributed by atoms with van der Waals surface area (Å²) in [5.74, 6) is -0.241. The van der Waals surface area contributed by atoms with Crippen molar-refractivity contribution in [2.24, 2.45) is 5.10 Å². The predicted molar refractivity (Wildman–Crippen MR) is 146 cm³/mol. The third-order valence-corrected chi connectivity index (χ3v) is 6.00. The van der Waals surface area contributed by atoms with Crippen molar-refractivity contribution < 1.29 is 23.5 Å². The number of hydrogen-bond donors (Lipinski definition) is 2. The van der Waals surface area contributed by atoms with Gasteiger partial charge in [0.1, 0.15) is 12.4 Å². The SMILES string of the molecule is CCOc1cc(C=NNC(=O)CCC(=O)Nc2ccc(F)cc2)cc(Br)c1OCc1ccc(Cl)cc1Cl. The maximum atomic E-state index is 12.9. The third kappa shape index (κ3) is 9.03. The second-order valence-corrected chi connectivity index (χ2v) is 9.33. The molecule has 0 aromatic heterocycles. The minimum atomic E-state index is -0.436. The molecule has 7 nitrogen and oxygen atoms in total. The Morgan fingerprint density at radius 2 is 1.76 bits per heavy atom. The van der Waals surface area contributed by atoms with Crippen LogP contribution in [0, 0.1) is 5.82 Å². The Balaban J connectivity index is 1.55. The average Bonchev–Trinajstić information content (AvgIpc) is 2.85. The molecule has 0 heterocycles. The molecule has 0 aliphatic heterocycles. The van der Waals surface area contributed by atoms with Crippen molar-refractivity contribution in [1.82, 2.24) is 5.43 Å². The minimum Gasteiger partial charge on any atom is -0.490 e. The van der Waals surface area contributed by atoms with Crippen LogP contribution in [0.3, 0.4) is 0 Å². The van der Waals surface area contributed by atoms with E-state index in [1.54, 1.807) is 30.3 Å². The van der Waals surface area contributed by atoms with Gasteiger partial charge in [-0.05, 0) is 76.9 Å². The van der Waals surface area contributed by atoms with E-state index >= 15 is 0 Å². The quantitative estimate of drug-likeness (QED) is 0.186. The Kier molecular flexibility index (Phi) is 10.7. The summed E-state index contributed by atoms with van der Waals surface area (Å²) in [5, 5.41) is 7.58. The number of hydrazone groups is 1. The Morgan fingerprint density at radius 1 is 1.03 bits per heavy atom. The number of carbonyl (C=O) groups is 2. The van der Waals surface area contributed by atoms with Crippen molar-refractivity contribution in [3.8, 4) is 11.5 Å². The van der Waals surface area contributed by atoms with Crippen LogP contribution in [0.25, 0.3) is 0 Å². The Hall–Kier alpha value is -3.14. The van der Waals surface area contributed by atoms with Gasteiger partial charge < -0.3 is 14.8 Å². The highest BCUT2D eigenvalue weighted by Crippen LogP contribution is 2.37. The van der Waals surface area contributed by atoms with Crippen molar-refractivity contribution >= 4 is 62.8 Å². The van der Waals surface area contributed by atoms with Crippen LogP contribution in [0.15, 0.2) is 64.2 Å². The van der Waals surface area contributed by atoms with E-state index in [0.29, 0.717) is 43.9 Å². The molecule has 0 saturated carbocycles. The van der Waals surface area contributed by atoms with Crippen LogP contribution in [-0.2, 0) is 16.2 Å². The van der Waals surface area contributed by atoms with Gasteiger partial charge in [0, 0.05) is 34.1 Å². The summed E-state index contributed by atoms with van der Waals surface area (Å²) in [6.07, 6.45) is 1.32. The molecule has 0 bridgehead atoms. The molecule has 194 valence electrons. The van der Waals surface area contributed by atoms with Gasteiger partial charge in [0.05, 0.1) is 17.3 Å². The molecular weight excluding hydrogens is 588 g/mol. The number of amides is 2. The van der Waals surface area contributed by atoms with Gasteiger partial charge in [0.2, 0.25) is 11.8 Å². The lowest BCUT2D eigenvalue weighted by atomic mass is 10.2. The summed E-state index contributed by atoms with van der Waals surface area (Å²) in [7, 11) is 0. The standard InChI is InChI=1S/C26H23BrCl2FN3O4/c1-2-36-23-12-16(11-21(27)26(23)37-15-17-3-4-18(28)13-22(17)29)14-31-33-25(35)10-9-24(34)32-20-7-5-19(30)6-8-20/h3-8,11-14H,2,9-10,15H2,1H3,(H,32,34)(H,33,35). The zero-order valence-electron chi connectivity index (χ0n) is 19.7. The van der Waals surface area contributed by atoms with E-state index < -0.39 is 11.7 Å². The second-order valence-electron chi connectivity index (χ2n) is 7.64. The molecule has 0 aliphatic rings. The third-order valence-electron chi connectivity index (χ3n) is 4.83. The number of nitrogens with one attached hydrogen (secondary N) is 2. The molecular formula is C26H23BrCl2FN3O4. The number of anilines is 1. The lowest BCUT2D eigenvalue weighted by Crippen LogP contribution is -2.20. The number of hydrogen-bond acceptors (Lipinski definition) is 5. The number of nitrogens with zero attached hydrogens (tertiary/aromatic N) is 1. The van der Waals surface area contributed by atoms with Crippen LogP contribution in [-0.4, -0.2) is 24.6 Å². The molecule has 0 atom stereocenters. The van der Waals surface area contributed by atoms with Crippen LogP contribution in [0.4, 0.5) is 10.1 Å². The molecule has 11 heteroatoms. The highest BCUT2D eigenvalue weighted by Gasteiger charge is 2.13. The topological polar surface area (TPSA) is 89.0 Å².